The van der Waals surface area contributed by atoms with Gasteiger partial charge in [-0.3, -0.25) is 14.5 Å². The van der Waals surface area contributed by atoms with Gasteiger partial charge in [-0.25, -0.2) is 0 Å². The molecule has 2 aliphatic rings. The molecule has 5 heteroatoms. The molecule has 140 valence electrons. The van der Waals surface area contributed by atoms with E-state index in [1.807, 2.05) is 35.2 Å². The van der Waals surface area contributed by atoms with Gasteiger partial charge >= 0.3 is 0 Å². The Hall–Kier alpha value is -2.66. The highest BCUT2D eigenvalue weighted by atomic mass is 16.2. The summed E-state index contributed by atoms with van der Waals surface area (Å²) in [6, 6.07) is 18.0. The van der Waals surface area contributed by atoms with Crippen molar-refractivity contribution in [3.63, 3.8) is 0 Å². The number of nitrogens with one attached hydrogen (secondary N) is 1. The lowest BCUT2D eigenvalue weighted by Crippen LogP contribution is -2.56. The highest BCUT2D eigenvalue weighted by Crippen LogP contribution is 2.21. The van der Waals surface area contributed by atoms with E-state index in [9.17, 15) is 9.59 Å². The van der Waals surface area contributed by atoms with Crippen LogP contribution in [-0.4, -0.2) is 47.3 Å². The maximum Gasteiger partial charge on any atom is 0.237 e. The summed E-state index contributed by atoms with van der Waals surface area (Å²) in [5.74, 6) is 0.0209. The molecule has 0 bridgehead atoms. The molecule has 0 aromatic heterocycles. The van der Waals surface area contributed by atoms with Gasteiger partial charge in [0.05, 0.1) is 12.5 Å². The maximum absolute atomic E-state index is 12.9. The van der Waals surface area contributed by atoms with Crippen LogP contribution in [0.25, 0.3) is 0 Å². The molecule has 2 aliphatic heterocycles. The molecule has 2 aromatic rings. The van der Waals surface area contributed by atoms with Gasteiger partial charge < -0.3 is 10.2 Å². The van der Waals surface area contributed by atoms with Crippen LogP contribution in [0.5, 0.6) is 0 Å². The zero-order chi connectivity index (χ0) is 18.6. The van der Waals surface area contributed by atoms with E-state index in [4.69, 9.17) is 0 Å². The fourth-order valence-electron chi connectivity index (χ4n) is 3.99. The predicted octanol–water partition coefficient (Wildman–Crippen LogP) is 1.96. The minimum atomic E-state index is -0.399. The van der Waals surface area contributed by atoms with Gasteiger partial charge in [0.25, 0.3) is 0 Å². The van der Waals surface area contributed by atoms with Gasteiger partial charge in [-0.1, -0.05) is 54.6 Å². The number of amides is 2. The summed E-state index contributed by atoms with van der Waals surface area (Å²) in [6.07, 6.45) is 1.12. The van der Waals surface area contributed by atoms with Crippen LogP contribution in [-0.2, 0) is 29.1 Å². The Bertz CT molecular complexity index is 821. The minimum Gasteiger partial charge on any atom is -0.353 e. The number of carbonyl (C=O) groups is 2. The first-order chi connectivity index (χ1) is 13.2. The van der Waals surface area contributed by atoms with E-state index in [0.717, 1.165) is 25.1 Å². The summed E-state index contributed by atoms with van der Waals surface area (Å²) < 4.78 is 0. The molecular weight excluding hydrogens is 338 g/mol. The molecule has 5 nitrogen and oxygen atoms in total. The van der Waals surface area contributed by atoms with Crippen LogP contribution < -0.4 is 5.32 Å². The molecule has 2 aromatic carbocycles. The molecule has 2 heterocycles. The van der Waals surface area contributed by atoms with E-state index in [-0.39, 0.29) is 18.2 Å². The molecule has 1 atom stereocenters. The summed E-state index contributed by atoms with van der Waals surface area (Å²) in [6.45, 7) is 3.45. The summed E-state index contributed by atoms with van der Waals surface area (Å²) in [7, 11) is 0. The standard InChI is InChI=1S/C22H25N3O2/c26-21(25-12-10-18-8-4-5-9-19(18)16-25)14-20-22(27)23-11-13-24(20)15-17-6-2-1-3-7-17/h1-9,20H,10-16H2,(H,23,27). The van der Waals surface area contributed by atoms with Crippen molar-refractivity contribution >= 4 is 11.8 Å². The first kappa shape index (κ1) is 17.7. The van der Waals surface area contributed by atoms with Crippen LogP contribution in [0.4, 0.5) is 0 Å². The van der Waals surface area contributed by atoms with Crippen molar-refractivity contribution in [3.05, 3.63) is 71.3 Å². The molecule has 1 N–H and O–H groups in total. The van der Waals surface area contributed by atoms with Crippen LogP contribution in [0.2, 0.25) is 0 Å². The molecule has 4 rings (SSSR count). The fraction of sp³-hybridized carbons (Fsp3) is 0.364. The minimum absolute atomic E-state index is 0.0389. The molecule has 0 saturated carbocycles. The molecule has 0 aliphatic carbocycles. The number of nitrogens with zero attached hydrogens (tertiary/aromatic N) is 2. The lowest BCUT2D eigenvalue weighted by atomic mass is 9.99. The van der Waals surface area contributed by atoms with Gasteiger partial charge in [0.15, 0.2) is 0 Å². The second kappa shape index (κ2) is 7.92. The number of fused-ring (bicyclic) bond motifs is 1. The first-order valence-corrected chi connectivity index (χ1v) is 9.61. The Kier molecular flexibility index (Phi) is 5.21. The molecule has 1 fully saturated rings. The molecule has 0 spiro atoms. The van der Waals surface area contributed by atoms with Crippen LogP contribution in [0, 0.1) is 0 Å². The van der Waals surface area contributed by atoms with Gasteiger partial charge in [-0.05, 0) is 23.1 Å². The molecular formula is C22H25N3O2. The number of hydrogen-bond acceptors (Lipinski definition) is 3. The Balaban J connectivity index is 1.44. The quantitative estimate of drug-likeness (QED) is 0.904. The Labute approximate surface area is 160 Å². The monoisotopic (exact) mass is 363 g/mol. The summed E-state index contributed by atoms with van der Waals surface area (Å²) >= 11 is 0. The number of benzene rings is 2. The number of hydrogen-bond donors (Lipinski definition) is 1. The normalized spacial score (nSPS) is 20.1. The maximum atomic E-state index is 12.9. The van der Waals surface area contributed by atoms with Crippen molar-refractivity contribution in [1.82, 2.24) is 15.1 Å². The smallest absolute Gasteiger partial charge is 0.237 e. The van der Waals surface area contributed by atoms with Crippen molar-refractivity contribution in [1.29, 1.82) is 0 Å². The summed E-state index contributed by atoms with van der Waals surface area (Å²) in [4.78, 5) is 29.4. The van der Waals surface area contributed by atoms with Crippen molar-refractivity contribution < 1.29 is 9.59 Å². The lowest BCUT2D eigenvalue weighted by Gasteiger charge is -2.36. The molecule has 27 heavy (non-hydrogen) atoms. The summed E-state index contributed by atoms with van der Waals surface area (Å²) in [5, 5.41) is 2.92. The molecule has 0 radical (unpaired) electrons. The highest BCUT2D eigenvalue weighted by molar-refractivity contribution is 5.89. The van der Waals surface area contributed by atoms with Crippen molar-refractivity contribution in [3.8, 4) is 0 Å². The van der Waals surface area contributed by atoms with E-state index in [0.29, 0.717) is 19.6 Å². The van der Waals surface area contributed by atoms with E-state index in [2.05, 4.69) is 34.5 Å². The van der Waals surface area contributed by atoms with Gasteiger partial charge in [0.1, 0.15) is 0 Å². The largest absolute Gasteiger partial charge is 0.353 e. The van der Waals surface area contributed by atoms with Gasteiger partial charge in [0, 0.05) is 32.7 Å². The second-order valence-electron chi connectivity index (χ2n) is 7.30. The van der Waals surface area contributed by atoms with E-state index in [1.54, 1.807) is 0 Å². The zero-order valence-electron chi connectivity index (χ0n) is 15.4. The topological polar surface area (TPSA) is 52.7 Å². The van der Waals surface area contributed by atoms with Crippen molar-refractivity contribution in [2.75, 3.05) is 19.6 Å². The summed E-state index contributed by atoms with van der Waals surface area (Å²) in [5.41, 5.74) is 3.70. The van der Waals surface area contributed by atoms with Crippen LogP contribution in [0.3, 0.4) is 0 Å². The number of carbonyl (C=O) groups excluding carboxylic acids is 2. The average Bonchev–Trinajstić information content (AvgIpc) is 2.71. The third kappa shape index (κ3) is 4.03. The van der Waals surface area contributed by atoms with Crippen LogP contribution >= 0.6 is 0 Å². The van der Waals surface area contributed by atoms with Gasteiger partial charge in [-0.15, -0.1) is 0 Å². The fourth-order valence-corrected chi connectivity index (χ4v) is 3.99. The Morgan fingerprint density at radius 3 is 2.56 bits per heavy atom. The van der Waals surface area contributed by atoms with Crippen molar-refractivity contribution in [2.24, 2.45) is 0 Å². The molecule has 1 unspecified atom stereocenters. The number of rotatable bonds is 4. The Morgan fingerprint density at radius 2 is 1.74 bits per heavy atom. The average molecular weight is 363 g/mol. The molecule has 1 saturated heterocycles. The first-order valence-electron chi connectivity index (χ1n) is 9.61. The second-order valence-corrected chi connectivity index (χ2v) is 7.30. The highest BCUT2D eigenvalue weighted by Gasteiger charge is 2.33. The molecule has 2 amide bonds. The predicted molar refractivity (Wildman–Crippen MR) is 104 cm³/mol. The van der Waals surface area contributed by atoms with E-state index < -0.39 is 6.04 Å². The Morgan fingerprint density at radius 1 is 1.00 bits per heavy atom. The van der Waals surface area contributed by atoms with Crippen molar-refractivity contribution in [2.45, 2.75) is 32.0 Å². The van der Waals surface area contributed by atoms with Gasteiger partial charge in [-0.2, -0.15) is 0 Å². The van der Waals surface area contributed by atoms with E-state index in [1.165, 1.54) is 11.1 Å². The van der Waals surface area contributed by atoms with Crippen LogP contribution in [0.15, 0.2) is 54.6 Å². The van der Waals surface area contributed by atoms with Crippen LogP contribution in [0.1, 0.15) is 23.1 Å². The third-order valence-electron chi connectivity index (χ3n) is 5.52. The van der Waals surface area contributed by atoms with Gasteiger partial charge in [0.2, 0.25) is 11.8 Å². The third-order valence-corrected chi connectivity index (χ3v) is 5.52. The van der Waals surface area contributed by atoms with E-state index >= 15 is 0 Å². The number of piperazine rings is 1. The lowest BCUT2D eigenvalue weighted by molar-refractivity contribution is -0.139. The zero-order valence-corrected chi connectivity index (χ0v) is 15.4. The SMILES string of the molecule is O=C1NCCN(Cc2ccccc2)C1CC(=O)N1CCc2ccccc2C1.